The SMILES string of the molecule is C=CCCc1ccccc1[SiH2]Cl. The van der Waals surface area contributed by atoms with Crippen molar-refractivity contribution in [2.24, 2.45) is 0 Å². The Morgan fingerprint density at radius 2 is 2.17 bits per heavy atom. The van der Waals surface area contributed by atoms with Crippen LogP contribution in [-0.4, -0.2) is 8.83 Å². The summed E-state index contributed by atoms with van der Waals surface area (Å²) in [4.78, 5) is 0. The lowest BCUT2D eigenvalue weighted by molar-refractivity contribution is 1.01. The number of rotatable bonds is 4. The highest BCUT2D eigenvalue weighted by Gasteiger charge is 1.98. The van der Waals surface area contributed by atoms with E-state index >= 15 is 0 Å². The maximum atomic E-state index is 5.92. The van der Waals surface area contributed by atoms with E-state index in [9.17, 15) is 0 Å². The zero-order valence-corrected chi connectivity index (χ0v) is 9.26. The second-order valence-electron chi connectivity index (χ2n) is 2.73. The Balaban J connectivity index is 2.74. The van der Waals surface area contributed by atoms with Crippen molar-refractivity contribution in [1.29, 1.82) is 0 Å². The van der Waals surface area contributed by atoms with Gasteiger partial charge in [0, 0.05) is 0 Å². The number of hydrogen-bond acceptors (Lipinski definition) is 0. The average Bonchev–Trinajstić information content (AvgIpc) is 2.15. The molecule has 0 heterocycles. The molecule has 0 atom stereocenters. The number of allylic oxidation sites excluding steroid dienone is 1. The predicted octanol–water partition coefficient (Wildman–Crippen LogP) is 1.75. The Kier molecular flexibility index (Phi) is 4.12. The van der Waals surface area contributed by atoms with Gasteiger partial charge in [-0.1, -0.05) is 30.3 Å². The Hall–Kier alpha value is -0.533. The van der Waals surface area contributed by atoms with E-state index in [0.29, 0.717) is 0 Å². The highest BCUT2D eigenvalue weighted by Crippen LogP contribution is 2.00. The van der Waals surface area contributed by atoms with Gasteiger partial charge >= 0.3 is 0 Å². The fourth-order valence-corrected chi connectivity index (χ4v) is 2.66. The molecule has 12 heavy (non-hydrogen) atoms. The van der Waals surface area contributed by atoms with Gasteiger partial charge < -0.3 is 0 Å². The van der Waals surface area contributed by atoms with Crippen molar-refractivity contribution in [2.75, 3.05) is 0 Å². The quantitative estimate of drug-likeness (QED) is 0.391. The molecule has 1 aromatic carbocycles. The summed E-state index contributed by atoms with van der Waals surface area (Å²) in [6, 6.07) is 8.43. The Morgan fingerprint density at radius 1 is 1.42 bits per heavy atom. The first-order valence-electron chi connectivity index (χ1n) is 4.12. The molecule has 0 N–H and O–H groups in total. The molecule has 2 heteroatoms. The molecule has 0 unspecified atom stereocenters. The normalized spacial score (nSPS) is 10.8. The Labute approximate surface area is 80.8 Å². The van der Waals surface area contributed by atoms with Crippen LogP contribution in [-0.2, 0) is 6.42 Å². The monoisotopic (exact) mass is 196 g/mol. The molecule has 0 saturated carbocycles. The highest BCUT2D eigenvalue weighted by molar-refractivity contribution is 7.01. The minimum absolute atomic E-state index is 0.528. The summed E-state index contributed by atoms with van der Waals surface area (Å²) in [5.74, 6) is 0. The third-order valence-electron chi connectivity index (χ3n) is 1.88. The van der Waals surface area contributed by atoms with Crippen LogP contribution in [0.1, 0.15) is 12.0 Å². The van der Waals surface area contributed by atoms with Crippen molar-refractivity contribution in [3.63, 3.8) is 0 Å². The van der Waals surface area contributed by atoms with Gasteiger partial charge in [0.1, 0.15) is 0 Å². The molecule has 0 aliphatic rings. The summed E-state index contributed by atoms with van der Waals surface area (Å²) >= 11 is 5.92. The fourth-order valence-electron chi connectivity index (χ4n) is 1.19. The van der Waals surface area contributed by atoms with Crippen molar-refractivity contribution < 1.29 is 0 Å². The van der Waals surface area contributed by atoms with Crippen LogP contribution in [0.4, 0.5) is 0 Å². The van der Waals surface area contributed by atoms with Gasteiger partial charge in [0.05, 0.1) is 0 Å². The molecule has 1 rings (SSSR count). The van der Waals surface area contributed by atoms with Crippen molar-refractivity contribution in [3.8, 4) is 0 Å². The van der Waals surface area contributed by atoms with Gasteiger partial charge in [0.2, 0.25) is 0 Å². The van der Waals surface area contributed by atoms with E-state index in [1.165, 1.54) is 10.8 Å². The van der Waals surface area contributed by atoms with Crippen LogP contribution in [0.15, 0.2) is 36.9 Å². The van der Waals surface area contributed by atoms with Gasteiger partial charge in [0.15, 0.2) is 8.83 Å². The van der Waals surface area contributed by atoms with E-state index in [1.54, 1.807) is 0 Å². The molecule has 1 aromatic rings. The lowest BCUT2D eigenvalue weighted by Crippen LogP contribution is -2.14. The van der Waals surface area contributed by atoms with Crippen LogP contribution >= 0.6 is 11.1 Å². The summed E-state index contributed by atoms with van der Waals surface area (Å²) in [7, 11) is -0.528. The maximum absolute atomic E-state index is 5.92. The van der Waals surface area contributed by atoms with E-state index in [1.807, 2.05) is 6.08 Å². The largest absolute Gasteiger partial charge is 0.170 e. The standard InChI is InChI=1S/C10H13ClSi/c1-2-3-6-9-7-4-5-8-10(9)12-11/h2,4-5,7-8H,1,3,6,12H2. The molecular weight excluding hydrogens is 184 g/mol. The van der Waals surface area contributed by atoms with E-state index in [2.05, 4.69) is 30.8 Å². The van der Waals surface area contributed by atoms with E-state index in [-0.39, 0.29) is 0 Å². The van der Waals surface area contributed by atoms with Crippen molar-refractivity contribution in [3.05, 3.63) is 42.5 Å². The van der Waals surface area contributed by atoms with Gasteiger partial charge in [-0.2, -0.15) is 11.1 Å². The van der Waals surface area contributed by atoms with E-state index < -0.39 is 8.83 Å². The summed E-state index contributed by atoms with van der Waals surface area (Å²) in [5, 5.41) is 1.38. The summed E-state index contributed by atoms with van der Waals surface area (Å²) in [6.07, 6.45) is 4.08. The molecule has 0 bridgehead atoms. The van der Waals surface area contributed by atoms with Crippen LogP contribution in [0.25, 0.3) is 0 Å². The lowest BCUT2D eigenvalue weighted by Gasteiger charge is -2.03. The first-order chi connectivity index (χ1) is 5.88. The van der Waals surface area contributed by atoms with Crippen LogP contribution in [0.2, 0.25) is 0 Å². The molecule has 0 aliphatic carbocycles. The van der Waals surface area contributed by atoms with Gasteiger partial charge in [-0.25, -0.2) is 0 Å². The van der Waals surface area contributed by atoms with Gasteiger partial charge in [-0.15, -0.1) is 6.58 Å². The van der Waals surface area contributed by atoms with Crippen LogP contribution in [0.3, 0.4) is 0 Å². The van der Waals surface area contributed by atoms with E-state index in [0.717, 1.165) is 12.8 Å². The van der Waals surface area contributed by atoms with Crippen LogP contribution in [0.5, 0.6) is 0 Å². The summed E-state index contributed by atoms with van der Waals surface area (Å²) < 4.78 is 0. The van der Waals surface area contributed by atoms with Crippen LogP contribution < -0.4 is 5.19 Å². The summed E-state index contributed by atoms with van der Waals surface area (Å²) in [5.41, 5.74) is 1.40. The molecule has 0 nitrogen and oxygen atoms in total. The van der Waals surface area contributed by atoms with Crippen LogP contribution in [0, 0.1) is 0 Å². The van der Waals surface area contributed by atoms with Crippen molar-refractivity contribution in [2.45, 2.75) is 12.8 Å². The minimum atomic E-state index is -0.528. The first kappa shape index (κ1) is 9.55. The molecule has 0 radical (unpaired) electrons. The molecule has 0 aliphatic heterocycles. The molecule has 0 aromatic heterocycles. The minimum Gasteiger partial charge on any atom is -0.170 e. The Bertz CT molecular complexity index is 258. The molecule has 0 amide bonds. The number of benzene rings is 1. The average molecular weight is 197 g/mol. The van der Waals surface area contributed by atoms with Crippen molar-refractivity contribution >= 4 is 25.1 Å². The number of hydrogen-bond donors (Lipinski definition) is 0. The molecule has 0 fully saturated rings. The third kappa shape index (κ3) is 2.50. The fraction of sp³-hybridized carbons (Fsp3) is 0.200. The zero-order chi connectivity index (χ0) is 8.81. The molecule has 64 valence electrons. The molecule has 0 spiro atoms. The third-order valence-corrected chi connectivity index (χ3v) is 3.72. The number of aryl methyl sites for hydroxylation is 1. The second-order valence-corrected chi connectivity index (χ2v) is 4.56. The van der Waals surface area contributed by atoms with Gasteiger partial charge in [-0.05, 0) is 23.6 Å². The lowest BCUT2D eigenvalue weighted by atomic mass is 10.1. The van der Waals surface area contributed by atoms with Gasteiger partial charge in [-0.3, -0.25) is 0 Å². The van der Waals surface area contributed by atoms with Gasteiger partial charge in [0.25, 0.3) is 0 Å². The number of halogens is 1. The smallest absolute Gasteiger partial charge is 0.156 e. The van der Waals surface area contributed by atoms with E-state index in [4.69, 9.17) is 11.1 Å². The zero-order valence-electron chi connectivity index (χ0n) is 7.09. The predicted molar refractivity (Wildman–Crippen MR) is 59.0 cm³/mol. The highest BCUT2D eigenvalue weighted by atomic mass is 35.6. The molecule has 0 saturated heterocycles. The molecular formula is C10H13ClSi. The maximum Gasteiger partial charge on any atom is 0.156 e. The Morgan fingerprint density at radius 3 is 2.83 bits per heavy atom. The van der Waals surface area contributed by atoms with Crippen molar-refractivity contribution in [1.82, 2.24) is 0 Å². The summed E-state index contributed by atoms with van der Waals surface area (Å²) in [6.45, 7) is 3.71. The first-order valence-corrected chi connectivity index (χ1v) is 6.96. The topological polar surface area (TPSA) is 0 Å². The second kappa shape index (κ2) is 5.17.